The molecule has 0 bridgehead atoms. The molecule has 6 heteroatoms. The van der Waals surface area contributed by atoms with Gasteiger partial charge in [0, 0.05) is 27.7 Å². The highest BCUT2D eigenvalue weighted by Gasteiger charge is 2.07. The predicted molar refractivity (Wildman–Crippen MR) is 110 cm³/mol. The predicted octanol–water partition coefficient (Wildman–Crippen LogP) is 5.51. The fourth-order valence-electron chi connectivity index (χ4n) is 2.26. The molecule has 0 aromatic heterocycles. The van der Waals surface area contributed by atoms with Crippen LogP contribution in [0.15, 0.2) is 47.4 Å². The number of carbonyl (C=O) groups is 2. The Kier molecular flexibility index (Phi) is 8.01. The van der Waals surface area contributed by atoms with Crippen LogP contribution in [0.2, 0.25) is 5.02 Å². The lowest BCUT2D eigenvalue weighted by Gasteiger charge is -2.09. The minimum absolute atomic E-state index is 0.0310. The quantitative estimate of drug-likeness (QED) is 0.584. The van der Waals surface area contributed by atoms with E-state index >= 15 is 0 Å². The monoisotopic (exact) mass is 390 g/mol. The van der Waals surface area contributed by atoms with Crippen LogP contribution in [-0.2, 0) is 9.59 Å². The molecule has 0 unspecified atom stereocenters. The SMILES string of the molecule is CCCCC(=O)Nc1ccc(SCC(=O)Nc2cc(Cl)ccc2C)cc1. The van der Waals surface area contributed by atoms with E-state index in [4.69, 9.17) is 11.6 Å². The van der Waals surface area contributed by atoms with Crippen LogP contribution >= 0.6 is 23.4 Å². The summed E-state index contributed by atoms with van der Waals surface area (Å²) in [5.41, 5.74) is 2.47. The lowest BCUT2D eigenvalue weighted by atomic mass is 10.2. The van der Waals surface area contributed by atoms with Crippen LogP contribution < -0.4 is 10.6 Å². The summed E-state index contributed by atoms with van der Waals surface area (Å²) in [7, 11) is 0. The molecule has 2 aromatic carbocycles. The highest BCUT2D eigenvalue weighted by atomic mass is 35.5. The number of halogens is 1. The Morgan fingerprint density at radius 1 is 1.04 bits per heavy atom. The van der Waals surface area contributed by atoms with Gasteiger partial charge in [-0.05, 0) is 55.3 Å². The lowest BCUT2D eigenvalue weighted by Crippen LogP contribution is -2.14. The lowest BCUT2D eigenvalue weighted by molar-refractivity contribution is -0.116. The van der Waals surface area contributed by atoms with E-state index in [1.54, 1.807) is 12.1 Å². The van der Waals surface area contributed by atoms with Gasteiger partial charge in [0.2, 0.25) is 11.8 Å². The van der Waals surface area contributed by atoms with Crippen molar-refractivity contribution in [2.24, 2.45) is 0 Å². The van der Waals surface area contributed by atoms with Crippen LogP contribution in [-0.4, -0.2) is 17.6 Å². The molecule has 2 aromatic rings. The second-order valence-corrected chi connectivity index (χ2v) is 7.46. The Bertz CT molecular complexity index is 763. The van der Waals surface area contributed by atoms with Crippen molar-refractivity contribution < 1.29 is 9.59 Å². The van der Waals surface area contributed by atoms with Gasteiger partial charge < -0.3 is 10.6 Å². The van der Waals surface area contributed by atoms with E-state index < -0.39 is 0 Å². The molecular weight excluding hydrogens is 368 g/mol. The van der Waals surface area contributed by atoms with E-state index in [0.29, 0.717) is 17.2 Å². The topological polar surface area (TPSA) is 58.2 Å². The molecule has 138 valence electrons. The maximum absolute atomic E-state index is 12.1. The number of hydrogen-bond donors (Lipinski definition) is 2. The molecule has 0 aliphatic rings. The van der Waals surface area contributed by atoms with Gasteiger partial charge in [0.05, 0.1) is 5.75 Å². The van der Waals surface area contributed by atoms with Gasteiger partial charge >= 0.3 is 0 Å². The molecular formula is C20H23ClN2O2S. The Hall–Kier alpha value is -1.98. The van der Waals surface area contributed by atoms with Gasteiger partial charge in [0.15, 0.2) is 0 Å². The van der Waals surface area contributed by atoms with Crippen molar-refractivity contribution in [3.63, 3.8) is 0 Å². The van der Waals surface area contributed by atoms with Gasteiger partial charge in [-0.3, -0.25) is 9.59 Å². The first kappa shape index (κ1) is 20.3. The number of amides is 2. The zero-order valence-corrected chi connectivity index (χ0v) is 16.5. The van der Waals surface area contributed by atoms with Crippen molar-refractivity contribution in [1.29, 1.82) is 0 Å². The van der Waals surface area contributed by atoms with Crippen LogP contribution in [0.25, 0.3) is 0 Å². The molecule has 0 atom stereocenters. The van der Waals surface area contributed by atoms with Crippen molar-refractivity contribution >= 4 is 46.6 Å². The average Bonchev–Trinajstić information content (AvgIpc) is 2.62. The maximum atomic E-state index is 12.1. The number of nitrogens with one attached hydrogen (secondary N) is 2. The molecule has 2 amide bonds. The average molecular weight is 391 g/mol. The Balaban J connectivity index is 1.82. The molecule has 0 aliphatic carbocycles. The third-order valence-corrected chi connectivity index (χ3v) is 4.99. The van der Waals surface area contributed by atoms with E-state index in [1.165, 1.54) is 11.8 Å². The van der Waals surface area contributed by atoms with Gasteiger partial charge in [0.1, 0.15) is 0 Å². The zero-order valence-electron chi connectivity index (χ0n) is 15.0. The Labute approximate surface area is 163 Å². The van der Waals surface area contributed by atoms with Gasteiger partial charge in [-0.15, -0.1) is 11.8 Å². The van der Waals surface area contributed by atoms with Gasteiger partial charge in [-0.2, -0.15) is 0 Å². The van der Waals surface area contributed by atoms with E-state index in [9.17, 15) is 9.59 Å². The van der Waals surface area contributed by atoms with Crippen molar-refractivity contribution in [3.8, 4) is 0 Å². The van der Waals surface area contributed by atoms with Gasteiger partial charge in [-0.25, -0.2) is 0 Å². The molecule has 2 rings (SSSR count). The van der Waals surface area contributed by atoms with Crippen molar-refractivity contribution in [3.05, 3.63) is 53.1 Å². The number of benzene rings is 2. The van der Waals surface area contributed by atoms with Gasteiger partial charge in [-0.1, -0.05) is 31.0 Å². The number of unbranched alkanes of at least 4 members (excludes halogenated alkanes) is 1. The number of thioether (sulfide) groups is 1. The summed E-state index contributed by atoms with van der Waals surface area (Å²) < 4.78 is 0. The van der Waals surface area contributed by atoms with E-state index in [-0.39, 0.29) is 11.8 Å². The fourth-order valence-corrected chi connectivity index (χ4v) is 3.13. The van der Waals surface area contributed by atoms with Crippen LogP contribution in [0.4, 0.5) is 11.4 Å². The summed E-state index contributed by atoms with van der Waals surface area (Å²) in [6.45, 7) is 3.98. The maximum Gasteiger partial charge on any atom is 0.234 e. The third kappa shape index (κ3) is 6.73. The first-order chi connectivity index (χ1) is 12.5. The Morgan fingerprint density at radius 2 is 1.77 bits per heavy atom. The van der Waals surface area contributed by atoms with Crippen molar-refractivity contribution in [2.45, 2.75) is 38.0 Å². The summed E-state index contributed by atoms with van der Waals surface area (Å²) >= 11 is 7.41. The standard InChI is InChI=1S/C20H23ClN2O2S/c1-3-4-5-19(24)22-16-8-10-17(11-9-16)26-13-20(25)23-18-12-15(21)7-6-14(18)2/h6-12H,3-5,13H2,1-2H3,(H,22,24)(H,23,25). The third-order valence-electron chi connectivity index (χ3n) is 3.74. The Morgan fingerprint density at radius 3 is 2.46 bits per heavy atom. The van der Waals surface area contributed by atoms with Crippen LogP contribution in [0, 0.1) is 6.92 Å². The molecule has 0 saturated carbocycles. The smallest absolute Gasteiger partial charge is 0.234 e. The second-order valence-electron chi connectivity index (χ2n) is 5.97. The minimum atomic E-state index is -0.0858. The number of rotatable bonds is 8. The highest BCUT2D eigenvalue weighted by molar-refractivity contribution is 8.00. The highest BCUT2D eigenvalue weighted by Crippen LogP contribution is 2.23. The van der Waals surface area contributed by atoms with E-state index in [0.717, 1.165) is 34.7 Å². The van der Waals surface area contributed by atoms with Crippen molar-refractivity contribution in [1.82, 2.24) is 0 Å². The molecule has 0 spiro atoms. The van der Waals surface area contributed by atoms with Crippen LogP contribution in [0.3, 0.4) is 0 Å². The fraction of sp³-hybridized carbons (Fsp3) is 0.300. The molecule has 4 nitrogen and oxygen atoms in total. The molecule has 26 heavy (non-hydrogen) atoms. The summed E-state index contributed by atoms with van der Waals surface area (Å²) in [6.07, 6.45) is 2.43. The number of carbonyl (C=O) groups excluding carboxylic acids is 2. The number of anilines is 2. The van der Waals surface area contributed by atoms with Gasteiger partial charge in [0.25, 0.3) is 0 Å². The summed E-state index contributed by atoms with van der Waals surface area (Å²) in [5, 5.41) is 6.34. The summed E-state index contributed by atoms with van der Waals surface area (Å²) in [6, 6.07) is 12.9. The minimum Gasteiger partial charge on any atom is -0.326 e. The van der Waals surface area contributed by atoms with Crippen LogP contribution in [0.5, 0.6) is 0 Å². The number of aryl methyl sites for hydroxylation is 1. The van der Waals surface area contributed by atoms with E-state index in [1.807, 2.05) is 37.3 Å². The zero-order chi connectivity index (χ0) is 18.9. The number of hydrogen-bond acceptors (Lipinski definition) is 3. The normalized spacial score (nSPS) is 10.4. The molecule has 2 N–H and O–H groups in total. The largest absolute Gasteiger partial charge is 0.326 e. The van der Waals surface area contributed by atoms with Crippen molar-refractivity contribution in [2.75, 3.05) is 16.4 Å². The molecule has 0 radical (unpaired) electrons. The first-order valence-corrected chi connectivity index (χ1v) is 9.93. The first-order valence-electron chi connectivity index (χ1n) is 8.56. The summed E-state index contributed by atoms with van der Waals surface area (Å²) in [5.74, 6) is 0.245. The molecule has 0 saturated heterocycles. The van der Waals surface area contributed by atoms with E-state index in [2.05, 4.69) is 17.6 Å². The van der Waals surface area contributed by atoms with Crippen LogP contribution in [0.1, 0.15) is 31.7 Å². The summed E-state index contributed by atoms with van der Waals surface area (Å²) in [4.78, 5) is 24.8. The second kappa shape index (κ2) is 10.2. The molecule has 0 heterocycles. The molecule has 0 fully saturated rings. The molecule has 0 aliphatic heterocycles.